The predicted octanol–water partition coefficient (Wildman–Crippen LogP) is 2.44. The van der Waals surface area contributed by atoms with E-state index in [0.717, 1.165) is 6.07 Å². The molecular weight excluding hydrogens is 249 g/mol. The third-order valence-corrected chi connectivity index (χ3v) is 1.98. The van der Waals surface area contributed by atoms with E-state index < -0.39 is 41.2 Å². The van der Waals surface area contributed by atoms with Gasteiger partial charge in [-0.15, -0.1) is 0 Å². The molecule has 6 heteroatoms. The Balaban J connectivity index is 2.93. The van der Waals surface area contributed by atoms with Gasteiger partial charge in [0.25, 0.3) is 6.17 Å². The second-order valence-corrected chi connectivity index (χ2v) is 3.84. The molecule has 1 aromatic rings. The number of carbonyl (C=O) groups is 2. The first-order valence-electron chi connectivity index (χ1n) is 5.16. The number of halogens is 3. The number of Topliss-reactive ketones (excluding diaryl/α,β-unsaturated/α-hetero) is 1. The number of rotatable bonds is 4. The molecule has 18 heavy (non-hydrogen) atoms. The number of benzene rings is 1. The molecule has 0 spiro atoms. The summed E-state index contributed by atoms with van der Waals surface area (Å²) in [5.74, 6) is -4.87. The summed E-state index contributed by atoms with van der Waals surface area (Å²) < 4.78 is 43.9. The van der Waals surface area contributed by atoms with Gasteiger partial charge in [0.05, 0.1) is 11.7 Å². The number of esters is 1. The normalized spacial score (nSPS) is 12.3. The number of ether oxygens (including phenoxy) is 1. The molecule has 1 rings (SSSR count). The molecule has 0 aliphatic heterocycles. The molecule has 0 aliphatic carbocycles. The summed E-state index contributed by atoms with van der Waals surface area (Å²) in [6, 6.07) is 2.00. The van der Waals surface area contributed by atoms with Gasteiger partial charge >= 0.3 is 5.97 Å². The Labute approximate surface area is 102 Å². The van der Waals surface area contributed by atoms with Crippen LogP contribution in [0, 0.1) is 11.6 Å². The monoisotopic (exact) mass is 260 g/mol. The molecule has 3 nitrogen and oxygen atoms in total. The largest absolute Gasteiger partial charge is 0.460 e. The van der Waals surface area contributed by atoms with Crippen LogP contribution < -0.4 is 0 Å². The lowest BCUT2D eigenvalue weighted by Crippen LogP contribution is -2.30. The summed E-state index contributed by atoms with van der Waals surface area (Å²) in [6.45, 7) is 2.94. The maximum Gasteiger partial charge on any atom is 0.349 e. The van der Waals surface area contributed by atoms with Gasteiger partial charge in [-0.2, -0.15) is 0 Å². The molecular formula is C12H11F3O3. The predicted molar refractivity (Wildman–Crippen MR) is 56.8 cm³/mol. The highest BCUT2D eigenvalue weighted by Gasteiger charge is 2.31. The van der Waals surface area contributed by atoms with Crippen LogP contribution in [-0.4, -0.2) is 24.0 Å². The standard InChI is InChI=1S/C12H11F3O3/c1-6(2)18-12(17)10(15)11(16)8-5-7(13)3-4-9(8)14/h3-6,10H,1-2H3. The lowest BCUT2D eigenvalue weighted by molar-refractivity contribution is -0.151. The van der Waals surface area contributed by atoms with E-state index in [9.17, 15) is 22.8 Å². The summed E-state index contributed by atoms with van der Waals surface area (Å²) in [5, 5.41) is 0. The molecule has 1 atom stereocenters. The Bertz CT molecular complexity index is 472. The van der Waals surface area contributed by atoms with Gasteiger partial charge in [0.2, 0.25) is 5.78 Å². The van der Waals surface area contributed by atoms with Crippen molar-refractivity contribution in [3.05, 3.63) is 35.4 Å². The van der Waals surface area contributed by atoms with Crippen molar-refractivity contribution in [2.24, 2.45) is 0 Å². The number of hydrogen-bond acceptors (Lipinski definition) is 3. The van der Waals surface area contributed by atoms with Gasteiger partial charge in [0, 0.05) is 0 Å². The fourth-order valence-corrected chi connectivity index (χ4v) is 1.22. The SMILES string of the molecule is CC(C)OC(=O)C(F)C(=O)c1cc(F)ccc1F. The van der Waals surface area contributed by atoms with E-state index in [4.69, 9.17) is 0 Å². The van der Waals surface area contributed by atoms with Crippen LogP contribution in [0.1, 0.15) is 24.2 Å². The van der Waals surface area contributed by atoms with E-state index in [1.165, 1.54) is 13.8 Å². The zero-order chi connectivity index (χ0) is 13.9. The van der Waals surface area contributed by atoms with Gasteiger partial charge in [0.15, 0.2) is 0 Å². The number of carbonyl (C=O) groups excluding carboxylic acids is 2. The van der Waals surface area contributed by atoms with Crippen LogP contribution in [0.3, 0.4) is 0 Å². The number of ketones is 1. The molecule has 0 aromatic heterocycles. The van der Waals surface area contributed by atoms with Crippen molar-refractivity contribution in [2.75, 3.05) is 0 Å². The van der Waals surface area contributed by atoms with Crippen LogP contribution >= 0.6 is 0 Å². The summed E-state index contributed by atoms with van der Waals surface area (Å²) in [7, 11) is 0. The molecule has 0 radical (unpaired) electrons. The van der Waals surface area contributed by atoms with Crippen LogP contribution in [0.25, 0.3) is 0 Å². The van der Waals surface area contributed by atoms with Gasteiger partial charge in [-0.05, 0) is 32.0 Å². The highest BCUT2D eigenvalue weighted by molar-refractivity contribution is 6.11. The van der Waals surface area contributed by atoms with Crippen molar-refractivity contribution < 1.29 is 27.5 Å². The highest BCUT2D eigenvalue weighted by Crippen LogP contribution is 2.14. The third-order valence-electron chi connectivity index (χ3n) is 1.98. The minimum atomic E-state index is -2.66. The quantitative estimate of drug-likeness (QED) is 0.474. The lowest BCUT2D eigenvalue weighted by atomic mass is 10.1. The Morgan fingerprint density at radius 2 is 1.83 bits per heavy atom. The first kappa shape index (κ1) is 14.2. The van der Waals surface area contributed by atoms with Gasteiger partial charge in [0.1, 0.15) is 11.6 Å². The minimum Gasteiger partial charge on any atom is -0.460 e. The molecule has 0 aliphatic rings. The van der Waals surface area contributed by atoms with Crippen molar-refractivity contribution in [2.45, 2.75) is 26.1 Å². The topological polar surface area (TPSA) is 43.4 Å². The zero-order valence-electron chi connectivity index (χ0n) is 9.75. The van der Waals surface area contributed by atoms with Crippen molar-refractivity contribution in [1.29, 1.82) is 0 Å². The Morgan fingerprint density at radius 3 is 2.39 bits per heavy atom. The average Bonchev–Trinajstić information content (AvgIpc) is 2.29. The summed E-state index contributed by atoms with van der Waals surface area (Å²) in [4.78, 5) is 22.6. The van der Waals surface area contributed by atoms with Crippen LogP contribution in [-0.2, 0) is 9.53 Å². The number of hydrogen-bond donors (Lipinski definition) is 0. The van der Waals surface area contributed by atoms with Crippen molar-refractivity contribution in [1.82, 2.24) is 0 Å². The molecule has 0 fully saturated rings. The first-order chi connectivity index (χ1) is 8.32. The van der Waals surface area contributed by atoms with Gasteiger partial charge < -0.3 is 4.74 Å². The van der Waals surface area contributed by atoms with Crippen molar-refractivity contribution in [3.8, 4) is 0 Å². The van der Waals surface area contributed by atoms with Crippen LogP contribution in [0.5, 0.6) is 0 Å². The Kier molecular flexibility index (Phi) is 4.47. The Hall–Kier alpha value is -1.85. The zero-order valence-corrected chi connectivity index (χ0v) is 9.75. The molecule has 1 unspecified atom stereocenters. The van der Waals surface area contributed by atoms with E-state index in [-0.39, 0.29) is 0 Å². The molecule has 0 heterocycles. The van der Waals surface area contributed by atoms with E-state index >= 15 is 0 Å². The minimum absolute atomic E-state index is 0.535. The molecule has 0 saturated heterocycles. The van der Waals surface area contributed by atoms with Crippen LogP contribution in [0.15, 0.2) is 18.2 Å². The molecule has 0 bridgehead atoms. The first-order valence-corrected chi connectivity index (χ1v) is 5.16. The fourth-order valence-electron chi connectivity index (χ4n) is 1.22. The van der Waals surface area contributed by atoms with Gasteiger partial charge in [-0.1, -0.05) is 0 Å². The summed E-state index contributed by atoms with van der Waals surface area (Å²) >= 11 is 0. The van der Waals surface area contributed by atoms with Crippen LogP contribution in [0.2, 0.25) is 0 Å². The maximum absolute atomic E-state index is 13.4. The molecule has 0 N–H and O–H groups in total. The third kappa shape index (κ3) is 3.32. The van der Waals surface area contributed by atoms with Crippen molar-refractivity contribution in [3.63, 3.8) is 0 Å². The summed E-state index contributed by atoms with van der Waals surface area (Å²) in [5.41, 5.74) is -0.816. The van der Waals surface area contributed by atoms with Crippen LogP contribution in [0.4, 0.5) is 13.2 Å². The smallest absolute Gasteiger partial charge is 0.349 e. The van der Waals surface area contributed by atoms with E-state index in [1.54, 1.807) is 0 Å². The second-order valence-electron chi connectivity index (χ2n) is 3.84. The maximum atomic E-state index is 13.4. The van der Waals surface area contributed by atoms with E-state index in [1.807, 2.05) is 0 Å². The van der Waals surface area contributed by atoms with Gasteiger partial charge in [-0.3, -0.25) is 4.79 Å². The van der Waals surface area contributed by atoms with Crippen molar-refractivity contribution >= 4 is 11.8 Å². The van der Waals surface area contributed by atoms with E-state index in [0.29, 0.717) is 12.1 Å². The Morgan fingerprint density at radius 1 is 1.22 bits per heavy atom. The molecule has 98 valence electrons. The average molecular weight is 260 g/mol. The summed E-state index contributed by atoms with van der Waals surface area (Å²) in [6.07, 6.45) is -3.27. The molecule has 0 saturated carbocycles. The lowest BCUT2D eigenvalue weighted by Gasteiger charge is -2.11. The second kappa shape index (κ2) is 5.66. The van der Waals surface area contributed by atoms with Gasteiger partial charge in [-0.25, -0.2) is 18.0 Å². The highest BCUT2D eigenvalue weighted by atomic mass is 19.1. The van der Waals surface area contributed by atoms with E-state index in [2.05, 4.69) is 4.74 Å². The number of alkyl halides is 1. The molecule has 0 amide bonds. The molecule has 1 aromatic carbocycles. The fraction of sp³-hybridized carbons (Fsp3) is 0.333.